The molecule has 0 fully saturated rings. The first kappa shape index (κ1) is 33.5. The molecule has 216 valence electrons. The van der Waals surface area contributed by atoms with Crippen molar-refractivity contribution in [2.45, 2.75) is 125 Å². The molecule has 0 aliphatic heterocycles. The lowest BCUT2D eigenvalue weighted by Crippen LogP contribution is -2.56. The van der Waals surface area contributed by atoms with E-state index in [1.54, 1.807) is 25.7 Å². The van der Waals surface area contributed by atoms with Crippen LogP contribution in [-0.2, 0) is 14.3 Å². The maximum Gasteiger partial charge on any atom is 0.408 e. The van der Waals surface area contributed by atoms with Crippen molar-refractivity contribution in [3.63, 3.8) is 0 Å². The fourth-order valence-corrected chi connectivity index (χ4v) is 4.40. The lowest BCUT2D eigenvalue weighted by Gasteiger charge is -2.39. The van der Waals surface area contributed by atoms with E-state index in [1.807, 2.05) is 52.0 Å². The highest BCUT2D eigenvalue weighted by molar-refractivity contribution is 5.92. The summed E-state index contributed by atoms with van der Waals surface area (Å²) < 4.78 is 5.49. The molecular formula is C31H53N3O4. The summed E-state index contributed by atoms with van der Waals surface area (Å²) in [5.74, 6) is 0.131. The molecule has 0 aliphatic rings. The van der Waals surface area contributed by atoms with Crippen LogP contribution in [0.1, 0.15) is 112 Å². The first-order valence-corrected chi connectivity index (χ1v) is 14.3. The van der Waals surface area contributed by atoms with Gasteiger partial charge in [0.25, 0.3) is 0 Å². The van der Waals surface area contributed by atoms with Crippen molar-refractivity contribution < 1.29 is 19.1 Å². The Morgan fingerprint density at radius 2 is 1.66 bits per heavy atom. The average Bonchev–Trinajstić information content (AvgIpc) is 2.78. The molecule has 2 N–H and O–H groups in total. The van der Waals surface area contributed by atoms with Gasteiger partial charge in [-0.15, -0.1) is 0 Å². The van der Waals surface area contributed by atoms with Crippen LogP contribution in [0.5, 0.6) is 0 Å². The molecule has 7 heteroatoms. The normalized spacial score (nSPS) is 14.1. The lowest BCUT2D eigenvalue weighted by atomic mass is 9.95. The van der Waals surface area contributed by atoms with Gasteiger partial charge in [-0.3, -0.25) is 9.59 Å². The number of alkyl carbamates (subject to hydrolysis) is 1. The third-order valence-corrected chi connectivity index (χ3v) is 6.30. The molecule has 0 bridgehead atoms. The Kier molecular flexibility index (Phi) is 13.9. The number of carbonyl (C=O) groups excluding carboxylic acids is 3. The second-order valence-corrected chi connectivity index (χ2v) is 12.4. The van der Waals surface area contributed by atoms with Gasteiger partial charge in [0.2, 0.25) is 11.8 Å². The van der Waals surface area contributed by atoms with E-state index in [0.717, 1.165) is 36.8 Å². The summed E-state index contributed by atoms with van der Waals surface area (Å²) in [5.41, 5.74) is 1.09. The molecule has 0 aromatic heterocycles. The van der Waals surface area contributed by atoms with Crippen molar-refractivity contribution in [2.75, 3.05) is 6.54 Å². The number of nitrogens with one attached hydrogen (secondary N) is 2. The number of hydrogen-bond donors (Lipinski definition) is 2. The summed E-state index contributed by atoms with van der Waals surface area (Å²) in [6.07, 6.45) is 3.28. The molecule has 7 nitrogen and oxygen atoms in total. The Morgan fingerprint density at radius 3 is 2.18 bits per heavy atom. The highest BCUT2D eigenvalue weighted by Crippen LogP contribution is 2.29. The Bertz CT molecular complexity index is 891. The molecule has 3 unspecified atom stereocenters. The lowest BCUT2D eigenvalue weighted by molar-refractivity contribution is -0.145. The molecule has 3 amide bonds. The minimum atomic E-state index is -0.817. The van der Waals surface area contributed by atoms with Crippen LogP contribution in [0.25, 0.3) is 0 Å². The minimum absolute atomic E-state index is 0.141. The zero-order valence-corrected chi connectivity index (χ0v) is 25.5. The van der Waals surface area contributed by atoms with E-state index in [0.29, 0.717) is 18.9 Å². The largest absolute Gasteiger partial charge is 0.444 e. The number of rotatable bonds is 14. The minimum Gasteiger partial charge on any atom is -0.444 e. The maximum absolute atomic E-state index is 14.4. The van der Waals surface area contributed by atoms with Crippen LogP contribution < -0.4 is 10.6 Å². The van der Waals surface area contributed by atoms with Crippen LogP contribution in [0, 0.1) is 18.8 Å². The predicted molar refractivity (Wildman–Crippen MR) is 155 cm³/mol. The Balaban J connectivity index is 3.58. The topological polar surface area (TPSA) is 87.7 Å². The Hall–Kier alpha value is -2.57. The fraction of sp³-hybridized carbons (Fsp3) is 0.710. The van der Waals surface area contributed by atoms with Gasteiger partial charge >= 0.3 is 6.09 Å². The third kappa shape index (κ3) is 11.9. The summed E-state index contributed by atoms with van der Waals surface area (Å²) >= 11 is 0. The number of hydrogen-bond acceptors (Lipinski definition) is 4. The molecule has 0 aliphatic carbocycles. The highest BCUT2D eigenvalue weighted by atomic mass is 16.6. The average molecular weight is 532 g/mol. The van der Waals surface area contributed by atoms with Crippen LogP contribution in [0.4, 0.5) is 4.79 Å². The molecule has 0 heterocycles. The molecule has 38 heavy (non-hydrogen) atoms. The first-order chi connectivity index (χ1) is 17.7. The molecule has 0 saturated carbocycles. The van der Waals surface area contributed by atoms with Crippen molar-refractivity contribution in [3.05, 3.63) is 35.4 Å². The van der Waals surface area contributed by atoms with Gasteiger partial charge in [0, 0.05) is 12.6 Å². The quantitative estimate of drug-likeness (QED) is 0.267. The van der Waals surface area contributed by atoms with Crippen LogP contribution in [0.2, 0.25) is 0 Å². The fourth-order valence-electron chi connectivity index (χ4n) is 4.40. The van der Waals surface area contributed by atoms with Gasteiger partial charge in [0.15, 0.2) is 0 Å². The second-order valence-electron chi connectivity index (χ2n) is 12.4. The second kappa shape index (κ2) is 15.7. The van der Waals surface area contributed by atoms with Gasteiger partial charge in [-0.25, -0.2) is 4.79 Å². The number of aryl methyl sites for hydroxylation is 1. The van der Waals surface area contributed by atoms with Crippen molar-refractivity contribution in [1.82, 2.24) is 15.5 Å². The summed E-state index contributed by atoms with van der Waals surface area (Å²) in [4.78, 5) is 42.6. The SMILES string of the molecule is CCCCNC(=O)C(c1cccc(C)c1)N(C(=O)C(CC(C)C)NC(=O)OC(C)(C)C)C(C)CCC(C)C. The zero-order chi connectivity index (χ0) is 29.0. The number of carbonyl (C=O) groups is 3. The molecule has 1 aromatic carbocycles. The molecule has 1 rings (SSSR count). The van der Waals surface area contributed by atoms with E-state index in [4.69, 9.17) is 4.74 Å². The molecule has 0 saturated heterocycles. The van der Waals surface area contributed by atoms with Crippen LogP contribution in [0.15, 0.2) is 24.3 Å². The summed E-state index contributed by atoms with van der Waals surface area (Å²) in [5, 5.41) is 5.89. The van der Waals surface area contributed by atoms with Crippen LogP contribution in [0.3, 0.4) is 0 Å². The van der Waals surface area contributed by atoms with Gasteiger partial charge in [-0.05, 0) is 77.7 Å². The van der Waals surface area contributed by atoms with E-state index in [1.165, 1.54) is 0 Å². The highest BCUT2D eigenvalue weighted by Gasteiger charge is 2.39. The number of benzene rings is 1. The number of unbranched alkanes of at least 4 members (excludes halogenated alkanes) is 1. The number of nitrogens with zero attached hydrogens (tertiary/aromatic N) is 1. The van der Waals surface area contributed by atoms with E-state index < -0.39 is 23.8 Å². The molecule has 0 radical (unpaired) electrons. The van der Waals surface area contributed by atoms with E-state index in [-0.39, 0.29) is 23.8 Å². The van der Waals surface area contributed by atoms with Crippen LogP contribution in [-0.4, -0.2) is 47.0 Å². The van der Waals surface area contributed by atoms with Gasteiger partial charge in [0.1, 0.15) is 17.7 Å². The smallest absolute Gasteiger partial charge is 0.408 e. The summed E-state index contributed by atoms with van der Waals surface area (Å²) in [7, 11) is 0. The van der Waals surface area contributed by atoms with Gasteiger partial charge in [-0.1, -0.05) is 70.9 Å². The van der Waals surface area contributed by atoms with E-state index in [9.17, 15) is 14.4 Å². The standard InChI is InChI=1S/C31H53N3O4/c1-11-12-18-32-28(35)27(25-15-13-14-23(6)20-25)34(24(7)17-16-21(2)3)29(36)26(19-22(4)5)33-30(37)38-31(8,9)10/h13-15,20-22,24,26-27H,11-12,16-19H2,1-10H3,(H,32,35)(H,33,37). The number of ether oxygens (including phenoxy) is 1. The van der Waals surface area contributed by atoms with E-state index in [2.05, 4.69) is 31.4 Å². The maximum atomic E-state index is 14.4. The van der Waals surface area contributed by atoms with Crippen molar-refractivity contribution in [3.8, 4) is 0 Å². The Morgan fingerprint density at radius 1 is 1.00 bits per heavy atom. The van der Waals surface area contributed by atoms with Gasteiger partial charge in [-0.2, -0.15) is 0 Å². The Labute approximate surface area is 231 Å². The van der Waals surface area contributed by atoms with Crippen molar-refractivity contribution in [1.29, 1.82) is 0 Å². The van der Waals surface area contributed by atoms with Crippen molar-refractivity contribution in [2.24, 2.45) is 11.8 Å². The zero-order valence-electron chi connectivity index (χ0n) is 25.5. The molecule has 1 aromatic rings. The molecular weight excluding hydrogens is 478 g/mol. The van der Waals surface area contributed by atoms with Crippen molar-refractivity contribution >= 4 is 17.9 Å². The summed E-state index contributed by atoms with van der Waals surface area (Å²) in [6.45, 7) is 20.3. The first-order valence-electron chi connectivity index (χ1n) is 14.3. The molecule has 3 atom stereocenters. The van der Waals surface area contributed by atoms with Crippen LogP contribution >= 0.6 is 0 Å². The van der Waals surface area contributed by atoms with Gasteiger partial charge in [0.05, 0.1) is 0 Å². The monoisotopic (exact) mass is 531 g/mol. The predicted octanol–water partition coefficient (Wildman–Crippen LogP) is 6.55. The third-order valence-electron chi connectivity index (χ3n) is 6.30. The number of amides is 3. The summed E-state index contributed by atoms with van der Waals surface area (Å²) in [6, 6.07) is 5.93. The van der Waals surface area contributed by atoms with E-state index >= 15 is 0 Å². The van der Waals surface area contributed by atoms with Gasteiger partial charge < -0.3 is 20.3 Å². The molecule has 0 spiro atoms.